The summed E-state index contributed by atoms with van der Waals surface area (Å²) in [5, 5.41) is 6.09. The molecule has 106 valence electrons. The highest BCUT2D eigenvalue weighted by atomic mass is 16.2. The molecule has 1 heterocycles. The molecule has 0 fully saturated rings. The molecule has 2 rings (SSSR count). The van der Waals surface area contributed by atoms with Crippen LogP contribution in [0.2, 0.25) is 0 Å². The third kappa shape index (κ3) is 3.12. The Morgan fingerprint density at radius 1 is 1.35 bits per heavy atom. The van der Waals surface area contributed by atoms with Crippen molar-refractivity contribution in [2.75, 3.05) is 18.0 Å². The molecule has 7 nitrogen and oxygen atoms in total. The van der Waals surface area contributed by atoms with Crippen molar-refractivity contribution in [1.82, 2.24) is 15.2 Å². The van der Waals surface area contributed by atoms with Gasteiger partial charge in [-0.2, -0.15) is 0 Å². The highest BCUT2D eigenvalue weighted by Gasteiger charge is 2.14. The van der Waals surface area contributed by atoms with E-state index < -0.39 is 11.2 Å². The minimum absolute atomic E-state index is 0.156. The maximum absolute atomic E-state index is 11.9. The van der Waals surface area contributed by atoms with Crippen LogP contribution in [0.15, 0.2) is 33.9 Å². The van der Waals surface area contributed by atoms with Gasteiger partial charge in [0.15, 0.2) is 0 Å². The van der Waals surface area contributed by atoms with E-state index in [1.54, 1.807) is 4.90 Å². The first-order valence-electron chi connectivity index (χ1n) is 6.35. The van der Waals surface area contributed by atoms with Crippen molar-refractivity contribution in [3.63, 3.8) is 0 Å². The van der Waals surface area contributed by atoms with Crippen LogP contribution in [0, 0.1) is 6.92 Å². The fourth-order valence-electron chi connectivity index (χ4n) is 1.93. The molecule has 0 spiro atoms. The van der Waals surface area contributed by atoms with Gasteiger partial charge in [0.05, 0.1) is 0 Å². The zero-order chi connectivity index (χ0) is 14.5. The van der Waals surface area contributed by atoms with Gasteiger partial charge in [0, 0.05) is 12.2 Å². The van der Waals surface area contributed by atoms with Crippen LogP contribution in [0.25, 0.3) is 0 Å². The highest BCUT2D eigenvalue weighted by molar-refractivity contribution is 5.59. The quantitative estimate of drug-likeness (QED) is 0.725. The Balaban J connectivity index is 2.46. The molecule has 0 aliphatic heterocycles. The van der Waals surface area contributed by atoms with E-state index in [1.807, 2.05) is 31.2 Å². The summed E-state index contributed by atoms with van der Waals surface area (Å²) in [5.41, 5.74) is 6.30. The molecule has 1 aromatic carbocycles. The largest absolute Gasteiger partial charge is 0.342 e. The lowest BCUT2D eigenvalue weighted by atomic mass is 10.2. The predicted octanol–water partition coefficient (Wildman–Crippen LogP) is 0.254. The molecule has 4 N–H and O–H groups in total. The molecular formula is C13H17N5O2. The predicted molar refractivity (Wildman–Crippen MR) is 77.3 cm³/mol. The summed E-state index contributed by atoms with van der Waals surface area (Å²) in [7, 11) is 0. The molecule has 0 unspecified atom stereocenters. The third-order valence-corrected chi connectivity index (χ3v) is 2.85. The Morgan fingerprint density at radius 3 is 2.80 bits per heavy atom. The molecule has 0 saturated heterocycles. The minimum atomic E-state index is -0.623. The van der Waals surface area contributed by atoms with Gasteiger partial charge in [0.25, 0.3) is 5.56 Å². The molecule has 0 radical (unpaired) electrons. The first-order valence-corrected chi connectivity index (χ1v) is 6.35. The van der Waals surface area contributed by atoms with Crippen LogP contribution >= 0.6 is 0 Å². The number of H-pyrrole nitrogens is 2. The summed E-state index contributed by atoms with van der Waals surface area (Å²) in [5.74, 6) is 0.156. The molecular weight excluding hydrogens is 258 g/mol. The Bertz CT molecular complexity index is 691. The summed E-state index contributed by atoms with van der Waals surface area (Å²) < 4.78 is 0. The van der Waals surface area contributed by atoms with Gasteiger partial charge in [-0.05, 0) is 37.6 Å². The maximum atomic E-state index is 11.9. The monoisotopic (exact) mass is 275 g/mol. The maximum Gasteiger partial charge on any atom is 0.342 e. The number of aromatic nitrogens is 3. The molecule has 1 aromatic heterocycles. The van der Waals surface area contributed by atoms with Crippen LogP contribution in [0.5, 0.6) is 0 Å². The number of aryl methyl sites for hydroxylation is 1. The molecule has 7 heteroatoms. The van der Waals surface area contributed by atoms with Crippen molar-refractivity contribution in [3.05, 3.63) is 50.7 Å². The first-order chi connectivity index (χ1) is 9.61. The Morgan fingerprint density at radius 2 is 2.15 bits per heavy atom. The molecule has 0 bridgehead atoms. The van der Waals surface area contributed by atoms with Crippen molar-refractivity contribution in [3.8, 4) is 0 Å². The second-order valence-electron chi connectivity index (χ2n) is 4.46. The SMILES string of the molecule is Cc1cccc(N(CCCN)c2n[nH]c(=O)[nH]c2=O)c1. The van der Waals surface area contributed by atoms with E-state index in [-0.39, 0.29) is 5.82 Å². The van der Waals surface area contributed by atoms with Crippen LogP contribution in [0.4, 0.5) is 11.5 Å². The Labute approximate surface area is 115 Å². The summed E-state index contributed by atoms with van der Waals surface area (Å²) in [4.78, 5) is 26.9. The molecule has 2 aromatic rings. The first kappa shape index (κ1) is 14.0. The number of hydrogen-bond acceptors (Lipinski definition) is 5. The molecule has 0 saturated carbocycles. The van der Waals surface area contributed by atoms with Gasteiger partial charge < -0.3 is 10.6 Å². The molecule has 0 amide bonds. The van der Waals surface area contributed by atoms with Crippen molar-refractivity contribution in [1.29, 1.82) is 0 Å². The normalized spacial score (nSPS) is 10.5. The van der Waals surface area contributed by atoms with E-state index >= 15 is 0 Å². The highest BCUT2D eigenvalue weighted by Crippen LogP contribution is 2.21. The van der Waals surface area contributed by atoms with Gasteiger partial charge in [-0.1, -0.05) is 12.1 Å². The van der Waals surface area contributed by atoms with Crippen LogP contribution in [0.1, 0.15) is 12.0 Å². The van der Waals surface area contributed by atoms with Crippen molar-refractivity contribution >= 4 is 11.5 Å². The standard InChI is InChI=1S/C13H17N5O2/c1-9-4-2-5-10(8-9)18(7-3-6-14)11-12(19)15-13(20)17-16-11/h2,4-5,8H,3,6-7,14H2,1H3,(H2,15,17,19,20). The van der Waals surface area contributed by atoms with E-state index in [4.69, 9.17) is 5.73 Å². The van der Waals surface area contributed by atoms with Crippen molar-refractivity contribution in [2.45, 2.75) is 13.3 Å². The molecule has 0 aliphatic carbocycles. The van der Waals surface area contributed by atoms with Crippen LogP contribution in [-0.4, -0.2) is 28.3 Å². The summed E-state index contributed by atoms with van der Waals surface area (Å²) in [6.45, 7) is 3.01. The molecule has 0 aliphatic rings. The van der Waals surface area contributed by atoms with Gasteiger partial charge in [0.1, 0.15) is 0 Å². The lowest BCUT2D eigenvalue weighted by Gasteiger charge is -2.22. The molecule has 0 atom stereocenters. The van der Waals surface area contributed by atoms with Crippen LogP contribution in [0.3, 0.4) is 0 Å². The summed E-state index contributed by atoms with van der Waals surface area (Å²) >= 11 is 0. The second kappa shape index (κ2) is 6.16. The smallest absolute Gasteiger partial charge is 0.330 e. The van der Waals surface area contributed by atoms with Crippen molar-refractivity contribution in [2.24, 2.45) is 5.73 Å². The van der Waals surface area contributed by atoms with Crippen LogP contribution in [-0.2, 0) is 0 Å². The number of nitrogens with two attached hydrogens (primary N) is 1. The van der Waals surface area contributed by atoms with Gasteiger partial charge in [-0.25, -0.2) is 9.89 Å². The fourth-order valence-corrected chi connectivity index (χ4v) is 1.93. The second-order valence-corrected chi connectivity index (χ2v) is 4.46. The number of benzene rings is 1. The Hall–Kier alpha value is -2.41. The van der Waals surface area contributed by atoms with E-state index in [2.05, 4.69) is 15.2 Å². The number of hydrogen-bond donors (Lipinski definition) is 3. The lowest BCUT2D eigenvalue weighted by Crippen LogP contribution is -2.33. The van der Waals surface area contributed by atoms with Crippen LogP contribution < -0.4 is 21.9 Å². The number of anilines is 2. The van der Waals surface area contributed by atoms with E-state index in [0.717, 1.165) is 11.3 Å². The summed E-state index contributed by atoms with van der Waals surface area (Å²) in [6.07, 6.45) is 0.703. The molecule has 20 heavy (non-hydrogen) atoms. The number of rotatable bonds is 5. The van der Waals surface area contributed by atoms with Crippen molar-refractivity contribution < 1.29 is 0 Å². The number of nitrogens with zero attached hydrogens (tertiary/aromatic N) is 2. The number of nitrogens with one attached hydrogen (secondary N) is 2. The lowest BCUT2D eigenvalue weighted by molar-refractivity contribution is 0.781. The van der Waals surface area contributed by atoms with Gasteiger partial charge in [-0.3, -0.25) is 9.78 Å². The third-order valence-electron chi connectivity index (χ3n) is 2.85. The average Bonchev–Trinajstić information content (AvgIpc) is 2.41. The van der Waals surface area contributed by atoms with E-state index in [9.17, 15) is 9.59 Å². The topological polar surface area (TPSA) is 108 Å². The fraction of sp³-hybridized carbons (Fsp3) is 0.308. The van der Waals surface area contributed by atoms with Gasteiger partial charge in [0.2, 0.25) is 5.82 Å². The average molecular weight is 275 g/mol. The summed E-state index contributed by atoms with van der Waals surface area (Å²) in [6, 6.07) is 7.70. The zero-order valence-corrected chi connectivity index (χ0v) is 11.2. The van der Waals surface area contributed by atoms with E-state index in [0.29, 0.717) is 19.5 Å². The van der Waals surface area contributed by atoms with Gasteiger partial charge in [-0.15, -0.1) is 5.10 Å². The minimum Gasteiger partial charge on any atom is -0.330 e. The van der Waals surface area contributed by atoms with Gasteiger partial charge >= 0.3 is 5.69 Å². The number of aromatic amines is 2. The van der Waals surface area contributed by atoms with E-state index in [1.165, 1.54) is 0 Å². The Kier molecular flexibility index (Phi) is 4.31. The zero-order valence-electron chi connectivity index (χ0n) is 11.2.